The summed E-state index contributed by atoms with van der Waals surface area (Å²) in [5.74, 6) is 0.717. The molecule has 0 aliphatic carbocycles. The van der Waals surface area contributed by atoms with Crippen LogP contribution in [0.25, 0.3) is 0 Å². The Labute approximate surface area is 131 Å². The van der Waals surface area contributed by atoms with Crippen LogP contribution in [0, 0.1) is 5.92 Å². The number of rotatable bonds is 10. The zero-order valence-electron chi connectivity index (χ0n) is 14.6. The van der Waals surface area contributed by atoms with Crippen molar-refractivity contribution in [3.05, 3.63) is 35.9 Å². The molecule has 0 bridgehead atoms. The van der Waals surface area contributed by atoms with E-state index in [9.17, 15) is 0 Å². The van der Waals surface area contributed by atoms with Gasteiger partial charge in [-0.25, -0.2) is 0 Å². The number of hydrogen-bond acceptors (Lipinski definition) is 2. The van der Waals surface area contributed by atoms with E-state index in [1.54, 1.807) is 0 Å². The van der Waals surface area contributed by atoms with Crippen molar-refractivity contribution in [1.29, 1.82) is 0 Å². The van der Waals surface area contributed by atoms with Crippen LogP contribution in [0.3, 0.4) is 0 Å². The predicted octanol–water partition coefficient (Wildman–Crippen LogP) is 4.48. The van der Waals surface area contributed by atoms with Gasteiger partial charge < -0.3 is 10.2 Å². The number of nitrogens with zero attached hydrogens (tertiary/aromatic N) is 1. The van der Waals surface area contributed by atoms with Gasteiger partial charge in [-0.3, -0.25) is 0 Å². The van der Waals surface area contributed by atoms with Crippen LogP contribution in [0.5, 0.6) is 0 Å². The molecule has 0 amide bonds. The van der Waals surface area contributed by atoms with E-state index in [1.807, 2.05) is 0 Å². The number of unbranched alkanes of at least 4 members (excludes halogenated alkanes) is 1. The second-order valence-corrected chi connectivity index (χ2v) is 6.83. The summed E-state index contributed by atoms with van der Waals surface area (Å²) in [6, 6.07) is 12.0. The summed E-state index contributed by atoms with van der Waals surface area (Å²) in [4.78, 5) is 2.42. The van der Waals surface area contributed by atoms with Crippen LogP contribution in [-0.2, 0) is 0 Å². The van der Waals surface area contributed by atoms with Gasteiger partial charge in [-0.15, -0.1) is 0 Å². The molecule has 1 aromatic carbocycles. The first-order valence-electron chi connectivity index (χ1n) is 8.49. The molecule has 2 heteroatoms. The lowest BCUT2D eigenvalue weighted by molar-refractivity contribution is 0.267. The highest BCUT2D eigenvalue weighted by Crippen LogP contribution is 2.20. The third-order valence-electron chi connectivity index (χ3n) is 4.12. The smallest absolute Gasteiger partial charge is 0.0322 e. The Morgan fingerprint density at radius 1 is 1.00 bits per heavy atom. The molecule has 0 fully saturated rings. The van der Waals surface area contributed by atoms with Gasteiger partial charge in [0.15, 0.2) is 0 Å². The molecule has 0 aromatic heterocycles. The van der Waals surface area contributed by atoms with E-state index in [0.717, 1.165) is 12.5 Å². The van der Waals surface area contributed by atoms with E-state index in [2.05, 4.69) is 75.3 Å². The molecule has 0 aliphatic heterocycles. The standard InChI is InChI=1S/C19H34N2/c1-16(2)15-19(18-11-7-6-8-12-18)20-13-9-10-14-21(5)17(3)4/h6-8,11-12,16-17,19-20H,9-10,13-15H2,1-5H3. The first kappa shape index (κ1) is 18.2. The van der Waals surface area contributed by atoms with Gasteiger partial charge in [-0.2, -0.15) is 0 Å². The monoisotopic (exact) mass is 290 g/mol. The van der Waals surface area contributed by atoms with E-state index >= 15 is 0 Å². The zero-order chi connectivity index (χ0) is 15.7. The van der Waals surface area contributed by atoms with E-state index in [1.165, 1.54) is 31.4 Å². The average Bonchev–Trinajstić information content (AvgIpc) is 2.45. The first-order valence-corrected chi connectivity index (χ1v) is 8.49. The second kappa shape index (κ2) is 9.97. The number of nitrogens with one attached hydrogen (secondary N) is 1. The van der Waals surface area contributed by atoms with Crippen LogP contribution in [0.1, 0.15) is 58.6 Å². The van der Waals surface area contributed by atoms with Gasteiger partial charge in [0.25, 0.3) is 0 Å². The molecule has 0 radical (unpaired) electrons. The molecule has 1 N–H and O–H groups in total. The van der Waals surface area contributed by atoms with Crippen molar-refractivity contribution in [2.75, 3.05) is 20.1 Å². The SMILES string of the molecule is CC(C)CC(NCCCCN(C)C(C)C)c1ccccc1. The highest BCUT2D eigenvalue weighted by atomic mass is 15.1. The van der Waals surface area contributed by atoms with Gasteiger partial charge >= 0.3 is 0 Å². The van der Waals surface area contributed by atoms with Crippen LogP contribution in [0.15, 0.2) is 30.3 Å². The second-order valence-electron chi connectivity index (χ2n) is 6.83. The molecular formula is C19H34N2. The third kappa shape index (κ3) is 7.63. The van der Waals surface area contributed by atoms with Crippen molar-refractivity contribution in [3.63, 3.8) is 0 Å². The highest BCUT2D eigenvalue weighted by Gasteiger charge is 2.12. The minimum absolute atomic E-state index is 0.494. The summed E-state index contributed by atoms with van der Waals surface area (Å²) >= 11 is 0. The maximum Gasteiger partial charge on any atom is 0.0322 e. The van der Waals surface area contributed by atoms with Crippen molar-refractivity contribution >= 4 is 0 Å². The molecule has 0 heterocycles. The van der Waals surface area contributed by atoms with Gasteiger partial charge in [-0.05, 0) is 64.7 Å². The summed E-state index contributed by atoms with van der Waals surface area (Å²) in [7, 11) is 2.21. The highest BCUT2D eigenvalue weighted by molar-refractivity contribution is 5.18. The van der Waals surface area contributed by atoms with E-state index in [4.69, 9.17) is 0 Å². The summed E-state index contributed by atoms with van der Waals surface area (Å²) in [5.41, 5.74) is 1.42. The number of hydrogen-bond donors (Lipinski definition) is 1. The summed E-state index contributed by atoms with van der Waals surface area (Å²) in [6.45, 7) is 11.4. The quantitative estimate of drug-likeness (QED) is 0.639. The third-order valence-corrected chi connectivity index (χ3v) is 4.12. The van der Waals surface area contributed by atoms with Crippen molar-refractivity contribution in [3.8, 4) is 0 Å². The Hall–Kier alpha value is -0.860. The Kier molecular flexibility index (Phi) is 8.63. The molecule has 21 heavy (non-hydrogen) atoms. The maximum absolute atomic E-state index is 3.75. The van der Waals surface area contributed by atoms with Crippen molar-refractivity contribution < 1.29 is 0 Å². The zero-order valence-corrected chi connectivity index (χ0v) is 14.6. The normalized spacial score (nSPS) is 13.3. The van der Waals surface area contributed by atoms with Gasteiger partial charge in [0.2, 0.25) is 0 Å². The largest absolute Gasteiger partial charge is 0.310 e. The van der Waals surface area contributed by atoms with Crippen LogP contribution in [-0.4, -0.2) is 31.1 Å². The Bertz CT molecular complexity index is 359. The predicted molar refractivity (Wildman–Crippen MR) is 93.6 cm³/mol. The Balaban J connectivity index is 2.34. The lowest BCUT2D eigenvalue weighted by Gasteiger charge is -2.23. The van der Waals surface area contributed by atoms with Crippen LogP contribution in [0.4, 0.5) is 0 Å². The van der Waals surface area contributed by atoms with E-state index < -0.39 is 0 Å². The Morgan fingerprint density at radius 3 is 2.24 bits per heavy atom. The topological polar surface area (TPSA) is 15.3 Å². The van der Waals surface area contributed by atoms with Crippen LogP contribution >= 0.6 is 0 Å². The van der Waals surface area contributed by atoms with Crippen molar-refractivity contribution in [2.45, 2.75) is 59.0 Å². The molecule has 1 atom stereocenters. The fourth-order valence-corrected chi connectivity index (χ4v) is 2.51. The summed E-state index contributed by atoms with van der Waals surface area (Å²) < 4.78 is 0. The molecule has 2 nitrogen and oxygen atoms in total. The van der Waals surface area contributed by atoms with Crippen molar-refractivity contribution in [2.24, 2.45) is 5.92 Å². The van der Waals surface area contributed by atoms with Gasteiger partial charge in [0, 0.05) is 12.1 Å². The fourth-order valence-electron chi connectivity index (χ4n) is 2.51. The van der Waals surface area contributed by atoms with Gasteiger partial charge in [0.05, 0.1) is 0 Å². The number of benzene rings is 1. The molecule has 1 rings (SSSR count). The van der Waals surface area contributed by atoms with Crippen molar-refractivity contribution in [1.82, 2.24) is 10.2 Å². The minimum Gasteiger partial charge on any atom is -0.310 e. The minimum atomic E-state index is 0.494. The lowest BCUT2D eigenvalue weighted by atomic mass is 9.97. The lowest BCUT2D eigenvalue weighted by Crippen LogP contribution is -2.28. The van der Waals surface area contributed by atoms with Gasteiger partial charge in [-0.1, -0.05) is 44.2 Å². The molecule has 1 aromatic rings. The maximum atomic E-state index is 3.75. The molecule has 0 spiro atoms. The molecular weight excluding hydrogens is 256 g/mol. The van der Waals surface area contributed by atoms with Gasteiger partial charge in [0.1, 0.15) is 0 Å². The molecule has 120 valence electrons. The van der Waals surface area contributed by atoms with Crippen LogP contribution in [0.2, 0.25) is 0 Å². The molecule has 0 aliphatic rings. The van der Waals surface area contributed by atoms with E-state index in [-0.39, 0.29) is 0 Å². The fraction of sp³-hybridized carbons (Fsp3) is 0.684. The average molecular weight is 290 g/mol. The summed E-state index contributed by atoms with van der Waals surface area (Å²) in [6.07, 6.45) is 3.72. The molecule has 0 saturated carbocycles. The first-order chi connectivity index (χ1) is 10.0. The van der Waals surface area contributed by atoms with E-state index in [0.29, 0.717) is 12.1 Å². The summed E-state index contributed by atoms with van der Waals surface area (Å²) in [5, 5.41) is 3.75. The molecule has 1 unspecified atom stereocenters. The van der Waals surface area contributed by atoms with Crippen LogP contribution < -0.4 is 5.32 Å². The molecule has 0 saturated heterocycles. The Morgan fingerprint density at radius 2 is 1.67 bits per heavy atom.